The maximum Gasteiger partial charge on any atom is 0.237 e. The molecule has 3 rings (SSSR count). The number of imidazole rings is 1. The molecule has 3 heterocycles. The van der Waals surface area contributed by atoms with Gasteiger partial charge < -0.3 is 10.3 Å². The Labute approximate surface area is 117 Å². The zero-order valence-electron chi connectivity index (χ0n) is 11.3. The van der Waals surface area contributed by atoms with E-state index >= 15 is 0 Å². The average molecular weight is 271 g/mol. The van der Waals surface area contributed by atoms with Gasteiger partial charge in [-0.2, -0.15) is 0 Å². The molecule has 0 radical (unpaired) electrons. The first-order valence-corrected chi connectivity index (χ1v) is 6.67. The highest BCUT2D eigenvalue weighted by atomic mass is 16.2. The van der Waals surface area contributed by atoms with Gasteiger partial charge in [-0.15, -0.1) is 0 Å². The number of nitrogens with one attached hydrogen (secondary N) is 3. The van der Waals surface area contributed by atoms with Crippen LogP contribution in [-0.2, 0) is 24.3 Å². The van der Waals surface area contributed by atoms with Crippen molar-refractivity contribution in [3.8, 4) is 0 Å². The number of H-pyrrole nitrogens is 1. The molecule has 0 aliphatic carbocycles. The maximum atomic E-state index is 12.1. The van der Waals surface area contributed by atoms with Crippen LogP contribution in [0, 0.1) is 6.92 Å². The van der Waals surface area contributed by atoms with Gasteiger partial charge >= 0.3 is 0 Å². The number of rotatable bonds is 3. The van der Waals surface area contributed by atoms with Crippen molar-refractivity contribution in [2.45, 2.75) is 32.5 Å². The lowest BCUT2D eigenvalue weighted by atomic mass is 10.0. The summed E-state index contributed by atoms with van der Waals surface area (Å²) in [5.41, 5.74) is 3.86. The fraction of sp³-hybridized carbons (Fsp3) is 0.357. The van der Waals surface area contributed by atoms with Crippen LogP contribution in [0.4, 0.5) is 0 Å². The van der Waals surface area contributed by atoms with Crippen molar-refractivity contribution in [2.24, 2.45) is 0 Å². The van der Waals surface area contributed by atoms with Crippen molar-refractivity contribution >= 4 is 5.91 Å². The number of carbonyl (C=O) groups excluding carboxylic acids is 1. The average Bonchev–Trinajstić information content (AvgIpc) is 2.92. The minimum atomic E-state index is -0.226. The molecule has 3 N–H and O–H groups in total. The van der Waals surface area contributed by atoms with Crippen LogP contribution in [0.2, 0.25) is 0 Å². The molecule has 0 saturated carbocycles. The summed E-state index contributed by atoms with van der Waals surface area (Å²) in [7, 11) is 0. The number of fused-ring (bicyclic) bond motifs is 1. The van der Waals surface area contributed by atoms with Gasteiger partial charge in [-0.1, -0.05) is 6.07 Å². The van der Waals surface area contributed by atoms with Gasteiger partial charge in [0.1, 0.15) is 0 Å². The smallest absolute Gasteiger partial charge is 0.237 e. The quantitative estimate of drug-likeness (QED) is 0.756. The second-order valence-corrected chi connectivity index (χ2v) is 4.95. The third-order valence-electron chi connectivity index (χ3n) is 3.44. The fourth-order valence-electron chi connectivity index (χ4n) is 2.35. The van der Waals surface area contributed by atoms with Crippen LogP contribution in [0.5, 0.6) is 0 Å². The summed E-state index contributed by atoms with van der Waals surface area (Å²) in [5, 5.41) is 6.12. The minimum absolute atomic E-state index is 0.0121. The molecule has 0 saturated heterocycles. The van der Waals surface area contributed by atoms with Gasteiger partial charge in [0.05, 0.1) is 36.0 Å². The van der Waals surface area contributed by atoms with Gasteiger partial charge in [0.2, 0.25) is 5.91 Å². The van der Waals surface area contributed by atoms with E-state index in [-0.39, 0.29) is 11.9 Å². The zero-order chi connectivity index (χ0) is 13.9. The first kappa shape index (κ1) is 12.8. The summed E-state index contributed by atoms with van der Waals surface area (Å²) in [5.74, 6) is -0.0121. The molecule has 0 bridgehead atoms. The standard InChI is InChI=1S/C14H17N5O/c1-9-3-2-4-10(19-9)6-16-14(20)12-5-11-13(7-15-12)18-8-17-11/h2-4,8,12,15H,5-7H2,1H3,(H,16,20)(H,17,18). The predicted octanol–water partition coefficient (Wildman–Crippen LogP) is 0.444. The van der Waals surface area contributed by atoms with Gasteiger partial charge in [0, 0.05) is 18.7 Å². The topological polar surface area (TPSA) is 82.7 Å². The lowest BCUT2D eigenvalue weighted by molar-refractivity contribution is -0.123. The second-order valence-electron chi connectivity index (χ2n) is 4.95. The van der Waals surface area contributed by atoms with E-state index in [1.54, 1.807) is 6.33 Å². The summed E-state index contributed by atoms with van der Waals surface area (Å²) in [6.45, 7) is 3.04. The Bertz CT molecular complexity index is 622. The van der Waals surface area contributed by atoms with Gasteiger partial charge in [-0.3, -0.25) is 15.1 Å². The van der Waals surface area contributed by atoms with Crippen LogP contribution in [0.15, 0.2) is 24.5 Å². The number of aromatic nitrogens is 3. The number of amides is 1. The van der Waals surface area contributed by atoms with E-state index in [9.17, 15) is 4.79 Å². The van der Waals surface area contributed by atoms with Crippen molar-refractivity contribution in [3.05, 3.63) is 47.3 Å². The molecular formula is C14H17N5O. The summed E-state index contributed by atoms with van der Waals surface area (Å²) in [6.07, 6.45) is 2.29. The zero-order valence-corrected chi connectivity index (χ0v) is 11.3. The van der Waals surface area contributed by atoms with Crippen molar-refractivity contribution in [3.63, 3.8) is 0 Å². The molecule has 1 atom stereocenters. The van der Waals surface area contributed by atoms with Gasteiger partial charge in [0.15, 0.2) is 0 Å². The highest BCUT2D eigenvalue weighted by molar-refractivity contribution is 5.82. The molecule has 0 aromatic carbocycles. The third-order valence-corrected chi connectivity index (χ3v) is 3.44. The van der Waals surface area contributed by atoms with Crippen molar-refractivity contribution < 1.29 is 4.79 Å². The molecule has 0 spiro atoms. The number of hydrogen-bond donors (Lipinski definition) is 3. The normalized spacial score (nSPS) is 17.6. The second kappa shape index (κ2) is 5.42. The molecule has 6 heteroatoms. The van der Waals surface area contributed by atoms with Crippen molar-refractivity contribution in [1.82, 2.24) is 25.6 Å². The van der Waals surface area contributed by atoms with Crippen molar-refractivity contribution in [1.29, 1.82) is 0 Å². The summed E-state index contributed by atoms with van der Waals surface area (Å²) in [4.78, 5) is 23.8. The molecule has 2 aromatic heterocycles. The Kier molecular flexibility index (Phi) is 3.47. The van der Waals surface area contributed by atoms with Crippen LogP contribution in [0.25, 0.3) is 0 Å². The van der Waals surface area contributed by atoms with Gasteiger partial charge in [-0.25, -0.2) is 4.98 Å². The SMILES string of the molecule is Cc1cccc(CNC(=O)C2Cc3nc[nH]c3CN2)n1. The van der Waals surface area contributed by atoms with Crippen LogP contribution >= 0.6 is 0 Å². The number of nitrogens with zero attached hydrogens (tertiary/aromatic N) is 2. The minimum Gasteiger partial charge on any atom is -0.349 e. The molecule has 0 fully saturated rings. The number of carbonyl (C=O) groups is 1. The van der Waals surface area contributed by atoms with Crippen LogP contribution < -0.4 is 10.6 Å². The summed E-state index contributed by atoms with van der Waals surface area (Å²) in [6, 6.07) is 5.56. The molecule has 20 heavy (non-hydrogen) atoms. The molecule has 6 nitrogen and oxygen atoms in total. The number of pyridine rings is 1. The monoisotopic (exact) mass is 271 g/mol. The molecule has 1 unspecified atom stereocenters. The van der Waals surface area contributed by atoms with Crippen LogP contribution in [0.1, 0.15) is 22.8 Å². The van der Waals surface area contributed by atoms with E-state index in [1.807, 2.05) is 25.1 Å². The van der Waals surface area contributed by atoms with Gasteiger partial charge in [-0.05, 0) is 19.1 Å². The first-order chi connectivity index (χ1) is 9.72. The van der Waals surface area contributed by atoms with E-state index in [0.717, 1.165) is 22.8 Å². The molecule has 104 valence electrons. The highest BCUT2D eigenvalue weighted by Crippen LogP contribution is 2.12. The van der Waals surface area contributed by atoms with Crippen LogP contribution in [0.3, 0.4) is 0 Å². The highest BCUT2D eigenvalue weighted by Gasteiger charge is 2.25. The Hall–Kier alpha value is -2.21. The molecule has 1 aliphatic rings. The summed E-state index contributed by atoms with van der Waals surface area (Å²) < 4.78 is 0. The first-order valence-electron chi connectivity index (χ1n) is 6.67. The molecule has 1 aliphatic heterocycles. The molecular weight excluding hydrogens is 254 g/mol. The lowest BCUT2D eigenvalue weighted by Crippen LogP contribution is -2.47. The Morgan fingerprint density at radius 2 is 2.40 bits per heavy atom. The Balaban J connectivity index is 1.58. The van der Waals surface area contributed by atoms with E-state index in [4.69, 9.17) is 0 Å². The van der Waals surface area contributed by atoms with E-state index in [1.165, 1.54) is 0 Å². The Morgan fingerprint density at radius 3 is 3.25 bits per heavy atom. The van der Waals surface area contributed by atoms with Gasteiger partial charge in [0.25, 0.3) is 0 Å². The number of aryl methyl sites for hydroxylation is 1. The molecule has 2 aromatic rings. The fourth-order valence-corrected chi connectivity index (χ4v) is 2.35. The third kappa shape index (κ3) is 2.70. The van der Waals surface area contributed by atoms with Crippen LogP contribution in [-0.4, -0.2) is 26.9 Å². The largest absolute Gasteiger partial charge is 0.349 e. The Morgan fingerprint density at radius 1 is 1.50 bits per heavy atom. The lowest BCUT2D eigenvalue weighted by Gasteiger charge is -2.22. The maximum absolute atomic E-state index is 12.1. The van der Waals surface area contributed by atoms with E-state index in [0.29, 0.717) is 19.5 Å². The predicted molar refractivity (Wildman–Crippen MR) is 73.7 cm³/mol. The van der Waals surface area contributed by atoms with E-state index < -0.39 is 0 Å². The van der Waals surface area contributed by atoms with E-state index in [2.05, 4.69) is 25.6 Å². The number of hydrogen-bond acceptors (Lipinski definition) is 4. The molecule has 1 amide bonds. The summed E-state index contributed by atoms with van der Waals surface area (Å²) >= 11 is 0. The number of aromatic amines is 1. The van der Waals surface area contributed by atoms with Crippen molar-refractivity contribution in [2.75, 3.05) is 0 Å².